The largest absolute Gasteiger partial charge is 0.490 e. The van der Waals surface area contributed by atoms with Crippen molar-refractivity contribution >= 4 is 30.1 Å². The molecule has 0 heterocycles. The van der Waals surface area contributed by atoms with Crippen LogP contribution in [0.5, 0.6) is 0 Å². The molecular weight excluding hydrogens is 509 g/mol. The van der Waals surface area contributed by atoms with Gasteiger partial charge >= 0.3 is 24.1 Å². The Kier molecular flexibility index (Phi) is 10.1. The van der Waals surface area contributed by atoms with Crippen LogP contribution in [-0.4, -0.2) is 72.3 Å². The Morgan fingerprint density at radius 2 is 1.76 bits per heavy atom. The van der Waals surface area contributed by atoms with Gasteiger partial charge in [0.15, 0.2) is 12.4 Å². The van der Waals surface area contributed by atoms with Crippen LogP contribution in [0.1, 0.15) is 47.2 Å². The Hall–Kier alpha value is -3.56. The third kappa shape index (κ3) is 7.47. The molecule has 5 N–H and O–H groups in total. The zero-order valence-corrected chi connectivity index (χ0v) is 19.3. The molecule has 1 amide bonds. The number of ether oxygens (including phenoxy) is 1. The Morgan fingerprint density at radius 3 is 2.27 bits per heavy atom. The second-order valence-electron chi connectivity index (χ2n) is 8.16. The SMILES string of the molecule is NC[C@H]1CC[C@H](OC(=O)C2(OOCC(=O)O)c3cccc(C(=O)CNC=O)c32)CC1.O=C(O)C(F)(F)F. The lowest BCUT2D eigenvalue weighted by Crippen LogP contribution is -2.35. The van der Waals surface area contributed by atoms with Crippen LogP contribution in [0.3, 0.4) is 0 Å². The maximum Gasteiger partial charge on any atom is 0.490 e. The molecule has 15 heteroatoms. The van der Waals surface area contributed by atoms with E-state index >= 15 is 0 Å². The molecule has 0 saturated heterocycles. The van der Waals surface area contributed by atoms with Crippen molar-refractivity contribution in [2.45, 2.75) is 43.6 Å². The molecule has 0 aliphatic heterocycles. The van der Waals surface area contributed by atoms with E-state index in [1.165, 1.54) is 6.07 Å². The molecule has 1 aromatic rings. The lowest BCUT2D eigenvalue weighted by molar-refractivity contribution is -0.335. The summed E-state index contributed by atoms with van der Waals surface area (Å²) in [6.45, 7) is -0.465. The highest BCUT2D eigenvalue weighted by molar-refractivity contribution is 6.07. The molecule has 3 rings (SSSR count). The first kappa shape index (κ1) is 29.7. The van der Waals surface area contributed by atoms with Gasteiger partial charge in [0.1, 0.15) is 6.10 Å². The fraction of sp³-hybridized carbons (Fsp3) is 0.500. The minimum Gasteiger partial charge on any atom is -0.479 e. The number of carbonyl (C=O) groups is 5. The highest BCUT2D eigenvalue weighted by Crippen LogP contribution is 2.54. The third-order valence-corrected chi connectivity index (χ3v) is 5.68. The second kappa shape index (κ2) is 12.6. The van der Waals surface area contributed by atoms with Crippen LogP contribution in [0.2, 0.25) is 0 Å². The predicted octanol–water partition coefficient (Wildman–Crippen LogP) is 0.899. The van der Waals surface area contributed by atoms with E-state index in [0.29, 0.717) is 37.3 Å². The summed E-state index contributed by atoms with van der Waals surface area (Å²) in [7, 11) is 0. The van der Waals surface area contributed by atoms with Gasteiger partial charge in [0.05, 0.1) is 6.54 Å². The number of benzene rings is 1. The van der Waals surface area contributed by atoms with Crippen LogP contribution in [-0.2, 0) is 39.3 Å². The van der Waals surface area contributed by atoms with Gasteiger partial charge in [-0.25, -0.2) is 24.2 Å². The van der Waals surface area contributed by atoms with Gasteiger partial charge < -0.3 is 26.0 Å². The number of fused-ring (bicyclic) bond motifs is 1. The number of hydrogen-bond donors (Lipinski definition) is 4. The number of aliphatic carboxylic acids is 2. The van der Waals surface area contributed by atoms with Gasteiger partial charge in [-0.3, -0.25) is 9.59 Å². The molecule has 12 nitrogen and oxygen atoms in total. The summed E-state index contributed by atoms with van der Waals surface area (Å²) < 4.78 is 37.4. The predicted molar refractivity (Wildman–Crippen MR) is 115 cm³/mol. The lowest BCUT2D eigenvalue weighted by atomic mass is 9.87. The van der Waals surface area contributed by atoms with Gasteiger partial charge in [0.25, 0.3) is 5.60 Å². The summed E-state index contributed by atoms with van der Waals surface area (Å²) in [5.74, 6) is -4.83. The van der Waals surface area contributed by atoms with Gasteiger partial charge in [0, 0.05) is 16.7 Å². The van der Waals surface area contributed by atoms with E-state index in [2.05, 4.69) is 5.32 Å². The zero-order chi connectivity index (χ0) is 27.8. The number of amides is 1. The zero-order valence-electron chi connectivity index (χ0n) is 19.3. The molecule has 2 aliphatic carbocycles. The van der Waals surface area contributed by atoms with Crippen LogP contribution in [0.25, 0.3) is 0 Å². The number of ketones is 1. The van der Waals surface area contributed by atoms with Gasteiger partial charge in [-0.1, -0.05) is 18.2 Å². The number of nitrogens with one attached hydrogen (secondary N) is 1. The van der Waals surface area contributed by atoms with Crippen LogP contribution < -0.4 is 11.1 Å². The highest BCUT2D eigenvalue weighted by Gasteiger charge is 2.64. The van der Waals surface area contributed by atoms with Crippen molar-refractivity contribution in [3.8, 4) is 0 Å². The van der Waals surface area contributed by atoms with Crippen molar-refractivity contribution in [1.82, 2.24) is 5.32 Å². The van der Waals surface area contributed by atoms with Crippen molar-refractivity contribution in [2.75, 3.05) is 19.7 Å². The number of carbonyl (C=O) groups excluding carboxylic acids is 3. The normalized spacial score (nSPS) is 21.9. The molecule has 1 unspecified atom stereocenters. The van der Waals surface area contributed by atoms with E-state index in [4.69, 9.17) is 35.3 Å². The summed E-state index contributed by atoms with van der Waals surface area (Å²) in [4.78, 5) is 65.7. The van der Waals surface area contributed by atoms with Crippen molar-refractivity contribution in [2.24, 2.45) is 11.7 Å². The van der Waals surface area contributed by atoms with Crippen LogP contribution >= 0.6 is 0 Å². The number of alkyl halides is 3. The second-order valence-corrected chi connectivity index (χ2v) is 8.16. The van der Waals surface area contributed by atoms with E-state index in [1.807, 2.05) is 0 Å². The summed E-state index contributed by atoms with van der Waals surface area (Å²) in [6.07, 6.45) is -2.02. The summed E-state index contributed by atoms with van der Waals surface area (Å²) in [5.41, 5.74) is 4.69. The van der Waals surface area contributed by atoms with Crippen LogP contribution in [0, 0.1) is 5.92 Å². The topological polar surface area (TPSA) is 192 Å². The Bertz CT molecular complexity index is 1020. The van der Waals surface area contributed by atoms with Crippen LogP contribution in [0.4, 0.5) is 13.2 Å². The molecule has 0 bridgehead atoms. The summed E-state index contributed by atoms with van der Waals surface area (Å²) in [5, 5.41) is 18.2. The first-order chi connectivity index (χ1) is 17.4. The molecule has 0 aromatic heterocycles. The maximum absolute atomic E-state index is 13.1. The van der Waals surface area contributed by atoms with E-state index in [1.54, 1.807) is 12.1 Å². The van der Waals surface area contributed by atoms with Crippen molar-refractivity contribution in [3.05, 3.63) is 34.9 Å². The standard InChI is InChI=1S/C20H24N2O8.C2HF3O2/c21-8-12-4-6-13(7-5-12)29-19(27)20(30-28-10-17(25)26)15-3-1-2-14(18(15)20)16(24)9-22-11-23;3-2(4,5)1(6)7/h1-3,11-13H,4-10,21H2,(H,22,23)(H,25,26);(H,6,7)/t12-,13-,20?;. The minimum absolute atomic E-state index is 0.171. The average Bonchev–Trinajstić information content (AvgIpc) is 3.51. The van der Waals surface area contributed by atoms with Gasteiger partial charge in [0.2, 0.25) is 6.41 Å². The number of halogens is 3. The van der Waals surface area contributed by atoms with Gasteiger partial charge in [-0.05, 0) is 38.1 Å². The summed E-state index contributed by atoms with van der Waals surface area (Å²) >= 11 is 0. The van der Waals surface area contributed by atoms with Crippen molar-refractivity contribution < 1.29 is 61.9 Å². The molecule has 1 aromatic carbocycles. The number of carboxylic acids is 2. The fourth-order valence-corrected chi connectivity index (χ4v) is 3.82. The number of hydrogen-bond acceptors (Lipinski definition) is 9. The molecular formula is C22H25F3N2O10. The van der Waals surface area contributed by atoms with Crippen molar-refractivity contribution in [1.29, 1.82) is 0 Å². The number of nitrogens with two attached hydrogens (primary N) is 1. The minimum atomic E-state index is -5.08. The number of Topliss-reactive ketones (excluding diaryl/α,β-unsaturated/α-hetero) is 1. The average molecular weight is 534 g/mol. The molecule has 1 fully saturated rings. The van der Waals surface area contributed by atoms with E-state index in [-0.39, 0.29) is 23.8 Å². The number of rotatable bonds is 11. The monoisotopic (exact) mass is 534 g/mol. The third-order valence-electron chi connectivity index (χ3n) is 5.68. The van der Waals surface area contributed by atoms with E-state index < -0.39 is 42.1 Å². The molecule has 0 radical (unpaired) electrons. The molecule has 1 atom stereocenters. The Morgan fingerprint density at radius 1 is 1.14 bits per heavy atom. The molecule has 204 valence electrons. The fourth-order valence-electron chi connectivity index (χ4n) is 3.82. The summed E-state index contributed by atoms with van der Waals surface area (Å²) in [6, 6.07) is 4.64. The Balaban J connectivity index is 0.000000604. The smallest absolute Gasteiger partial charge is 0.479 e. The number of carboxylic acid groups (broad SMARTS) is 2. The molecule has 2 aliphatic rings. The van der Waals surface area contributed by atoms with E-state index in [9.17, 15) is 32.3 Å². The first-order valence-corrected chi connectivity index (χ1v) is 11.0. The lowest BCUT2D eigenvalue weighted by Gasteiger charge is -2.28. The van der Waals surface area contributed by atoms with Crippen LogP contribution in [0.15, 0.2) is 18.2 Å². The van der Waals surface area contributed by atoms with Crippen molar-refractivity contribution in [3.63, 3.8) is 0 Å². The molecule has 0 spiro atoms. The quantitative estimate of drug-likeness (QED) is 0.104. The van der Waals surface area contributed by atoms with Gasteiger partial charge in [-0.2, -0.15) is 13.2 Å². The molecule has 1 saturated carbocycles. The molecule has 37 heavy (non-hydrogen) atoms. The first-order valence-electron chi connectivity index (χ1n) is 11.0. The van der Waals surface area contributed by atoms with E-state index in [0.717, 1.165) is 12.8 Å². The number of esters is 1. The Labute approximate surface area is 207 Å². The maximum atomic E-state index is 13.1. The highest BCUT2D eigenvalue weighted by atomic mass is 19.4. The van der Waals surface area contributed by atoms with Gasteiger partial charge in [-0.15, -0.1) is 0 Å².